The van der Waals surface area contributed by atoms with E-state index in [1.807, 2.05) is 12.3 Å². The van der Waals surface area contributed by atoms with Gasteiger partial charge < -0.3 is 5.32 Å². The number of benzene rings is 1. The fourth-order valence-electron chi connectivity index (χ4n) is 1.72. The van der Waals surface area contributed by atoms with Gasteiger partial charge in [0.15, 0.2) is 0 Å². The Morgan fingerprint density at radius 1 is 1.37 bits per heavy atom. The van der Waals surface area contributed by atoms with Crippen LogP contribution in [0, 0.1) is 5.82 Å². The summed E-state index contributed by atoms with van der Waals surface area (Å²) in [5, 5.41) is 8.18. The van der Waals surface area contributed by atoms with E-state index in [0.717, 1.165) is 17.8 Å². The molecule has 0 aliphatic rings. The van der Waals surface area contributed by atoms with E-state index in [1.165, 1.54) is 12.1 Å². The standard InChI is InChI=1S/C14H17ClFN3/c1-10(2)17-8-13-5-6-19(18-13)9-11-3-4-12(16)7-14(11)15/h3-7,10,17H,8-9H2,1-2H3. The van der Waals surface area contributed by atoms with Gasteiger partial charge in [-0.05, 0) is 23.8 Å². The molecule has 0 saturated heterocycles. The maximum absolute atomic E-state index is 13.0. The van der Waals surface area contributed by atoms with Crippen LogP contribution in [0.5, 0.6) is 0 Å². The van der Waals surface area contributed by atoms with Crippen molar-refractivity contribution in [3.05, 3.63) is 52.6 Å². The van der Waals surface area contributed by atoms with E-state index in [-0.39, 0.29) is 5.82 Å². The quantitative estimate of drug-likeness (QED) is 0.912. The number of hydrogen-bond acceptors (Lipinski definition) is 2. The average molecular weight is 282 g/mol. The van der Waals surface area contributed by atoms with Crippen LogP contribution in [0.3, 0.4) is 0 Å². The molecule has 1 heterocycles. The molecule has 0 amide bonds. The summed E-state index contributed by atoms with van der Waals surface area (Å²) in [5.74, 6) is -0.323. The third kappa shape index (κ3) is 4.04. The lowest BCUT2D eigenvalue weighted by molar-refractivity contribution is 0.570. The Morgan fingerprint density at radius 2 is 2.16 bits per heavy atom. The van der Waals surface area contributed by atoms with Gasteiger partial charge in [0.2, 0.25) is 0 Å². The van der Waals surface area contributed by atoms with Crippen molar-refractivity contribution in [1.82, 2.24) is 15.1 Å². The van der Waals surface area contributed by atoms with Crippen molar-refractivity contribution in [3.8, 4) is 0 Å². The minimum absolute atomic E-state index is 0.323. The Morgan fingerprint density at radius 3 is 2.84 bits per heavy atom. The van der Waals surface area contributed by atoms with Crippen LogP contribution in [0.25, 0.3) is 0 Å². The highest BCUT2D eigenvalue weighted by molar-refractivity contribution is 6.31. The molecule has 3 nitrogen and oxygen atoms in total. The maximum Gasteiger partial charge on any atom is 0.124 e. The number of aromatic nitrogens is 2. The van der Waals surface area contributed by atoms with Gasteiger partial charge in [-0.3, -0.25) is 4.68 Å². The van der Waals surface area contributed by atoms with Gasteiger partial charge in [-0.2, -0.15) is 5.10 Å². The minimum atomic E-state index is -0.323. The number of halogens is 2. The smallest absolute Gasteiger partial charge is 0.124 e. The molecular formula is C14H17ClFN3. The zero-order valence-corrected chi connectivity index (χ0v) is 11.8. The van der Waals surface area contributed by atoms with E-state index in [4.69, 9.17) is 11.6 Å². The third-order valence-corrected chi connectivity index (χ3v) is 3.09. The van der Waals surface area contributed by atoms with Crippen molar-refractivity contribution in [2.75, 3.05) is 0 Å². The minimum Gasteiger partial charge on any atom is -0.309 e. The van der Waals surface area contributed by atoms with Gasteiger partial charge in [-0.1, -0.05) is 31.5 Å². The second-order valence-corrected chi connectivity index (χ2v) is 5.18. The van der Waals surface area contributed by atoms with E-state index < -0.39 is 0 Å². The molecule has 0 aliphatic carbocycles. The molecule has 2 aromatic rings. The summed E-state index contributed by atoms with van der Waals surface area (Å²) in [6.45, 7) is 5.47. The predicted octanol–water partition coefficient (Wildman–Crippen LogP) is 3.22. The number of rotatable bonds is 5. The monoisotopic (exact) mass is 281 g/mol. The van der Waals surface area contributed by atoms with Crippen LogP contribution < -0.4 is 5.32 Å². The van der Waals surface area contributed by atoms with Gasteiger partial charge in [-0.15, -0.1) is 0 Å². The molecule has 19 heavy (non-hydrogen) atoms. The molecule has 0 fully saturated rings. The molecule has 0 saturated carbocycles. The highest BCUT2D eigenvalue weighted by Crippen LogP contribution is 2.18. The fraction of sp³-hybridized carbons (Fsp3) is 0.357. The first-order chi connectivity index (χ1) is 9.04. The van der Waals surface area contributed by atoms with Gasteiger partial charge in [0, 0.05) is 23.8 Å². The maximum atomic E-state index is 13.0. The first kappa shape index (κ1) is 14.0. The molecule has 102 valence electrons. The molecule has 0 bridgehead atoms. The molecule has 0 unspecified atom stereocenters. The van der Waals surface area contributed by atoms with E-state index in [1.54, 1.807) is 10.7 Å². The van der Waals surface area contributed by atoms with Crippen molar-refractivity contribution < 1.29 is 4.39 Å². The molecule has 5 heteroatoms. The van der Waals surface area contributed by atoms with E-state index >= 15 is 0 Å². The summed E-state index contributed by atoms with van der Waals surface area (Å²) < 4.78 is 14.8. The number of nitrogens with zero attached hydrogens (tertiary/aromatic N) is 2. The van der Waals surface area contributed by atoms with Crippen molar-refractivity contribution in [2.24, 2.45) is 0 Å². The van der Waals surface area contributed by atoms with Crippen LogP contribution in [-0.4, -0.2) is 15.8 Å². The Bertz CT molecular complexity index is 551. The normalized spacial score (nSPS) is 11.2. The molecular weight excluding hydrogens is 265 g/mol. The van der Waals surface area contributed by atoms with Gasteiger partial charge in [0.1, 0.15) is 5.82 Å². The van der Waals surface area contributed by atoms with Gasteiger partial charge >= 0.3 is 0 Å². The number of nitrogens with one attached hydrogen (secondary N) is 1. The first-order valence-corrected chi connectivity index (χ1v) is 6.62. The zero-order chi connectivity index (χ0) is 13.8. The van der Waals surface area contributed by atoms with Crippen LogP contribution in [0.1, 0.15) is 25.1 Å². The summed E-state index contributed by atoms with van der Waals surface area (Å²) in [5.41, 5.74) is 1.83. The Hall–Kier alpha value is -1.39. The van der Waals surface area contributed by atoms with Crippen molar-refractivity contribution >= 4 is 11.6 Å². The lowest BCUT2D eigenvalue weighted by Crippen LogP contribution is -2.22. The highest BCUT2D eigenvalue weighted by atomic mass is 35.5. The lowest BCUT2D eigenvalue weighted by atomic mass is 10.2. The summed E-state index contributed by atoms with van der Waals surface area (Å²) in [4.78, 5) is 0. The van der Waals surface area contributed by atoms with Crippen LogP contribution in [0.15, 0.2) is 30.5 Å². The summed E-state index contributed by atoms with van der Waals surface area (Å²) in [6.07, 6.45) is 1.90. The molecule has 2 rings (SSSR count). The molecule has 0 atom stereocenters. The van der Waals surface area contributed by atoms with Crippen LogP contribution in [0.4, 0.5) is 4.39 Å². The van der Waals surface area contributed by atoms with Crippen molar-refractivity contribution in [1.29, 1.82) is 0 Å². The molecule has 1 aromatic carbocycles. The second kappa shape index (κ2) is 6.17. The number of hydrogen-bond donors (Lipinski definition) is 1. The van der Waals surface area contributed by atoms with Crippen molar-refractivity contribution in [3.63, 3.8) is 0 Å². The third-order valence-electron chi connectivity index (χ3n) is 2.73. The SMILES string of the molecule is CC(C)NCc1ccn(Cc2ccc(F)cc2Cl)n1. The topological polar surface area (TPSA) is 29.9 Å². The van der Waals surface area contributed by atoms with Crippen LogP contribution >= 0.6 is 11.6 Å². The van der Waals surface area contributed by atoms with Crippen LogP contribution in [0.2, 0.25) is 5.02 Å². The van der Waals surface area contributed by atoms with Crippen LogP contribution in [-0.2, 0) is 13.1 Å². The summed E-state index contributed by atoms with van der Waals surface area (Å²) in [6, 6.07) is 6.81. The highest BCUT2D eigenvalue weighted by Gasteiger charge is 2.05. The van der Waals surface area contributed by atoms with Gasteiger partial charge in [0.25, 0.3) is 0 Å². The predicted molar refractivity (Wildman–Crippen MR) is 74.7 cm³/mol. The molecule has 0 radical (unpaired) electrons. The Balaban J connectivity index is 2.03. The van der Waals surface area contributed by atoms with E-state index in [0.29, 0.717) is 17.6 Å². The zero-order valence-electron chi connectivity index (χ0n) is 11.0. The Kier molecular flexibility index (Phi) is 4.56. The molecule has 1 N–H and O–H groups in total. The van der Waals surface area contributed by atoms with Gasteiger partial charge in [0.05, 0.1) is 12.2 Å². The second-order valence-electron chi connectivity index (χ2n) is 4.78. The van der Waals surface area contributed by atoms with E-state index in [2.05, 4.69) is 24.3 Å². The van der Waals surface area contributed by atoms with Crippen molar-refractivity contribution in [2.45, 2.75) is 33.0 Å². The van der Waals surface area contributed by atoms with E-state index in [9.17, 15) is 4.39 Å². The molecule has 0 spiro atoms. The van der Waals surface area contributed by atoms with Gasteiger partial charge in [-0.25, -0.2) is 4.39 Å². The summed E-state index contributed by atoms with van der Waals surface area (Å²) >= 11 is 6.00. The first-order valence-electron chi connectivity index (χ1n) is 6.24. The Labute approximate surface area is 117 Å². The molecule has 1 aromatic heterocycles. The lowest BCUT2D eigenvalue weighted by Gasteiger charge is -2.06. The summed E-state index contributed by atoms with van der Waals surface area (Å²) in [7, 11) is 0. The molecule has 0 aliphatic heterocycles. The average Bonchev–Trinajstić information content (AvgIpc) is 2.78. The largest absolute Gasteiger partial charge is 0.309 e. The fourth-order valence-corrected chi connectivity index (χ4v) is 1.95.